The summed E-state index contributed by atoms with van der Waals surface area (Å²) in [7, 11) is 1.66. The first-order valence-electron chi connectivity index (χ1n) is 7.79. The van der Waals surface area contributed by atoms with E-state index in [1.54, 1.807) is 25.6 Å². The Hall–Kier alpha value is -2.82. The van der Waals surface area contributed by atoms with Crippen molar-refractivity contribution in [3.63, 3.8) is 0 Å². The van der Waals surface area contributed by atoms with E-state index in [-0.39, 0.29) is 5.41 Å². The molecule has 0 atom stereocenters. The topological polar surface area (TPSA) is 60.8 Å². The van der Waals surface area contributed by atoms with E-state index in [4.69, 9.17) is 4.74 Å². The second-order valence-corrected chi connectivity index (χ2v) is 6.51. The van der Waals surface area contributed by atoms with Crippen molar-refractivity contribution < 1.29 is 4.74 Å². The van der Waals surface area contributed by atoms with Gasteiger partial charge in [-0.3, -0.25) is 0 Å². The molecule has 0 unspecified atom stereocenters. The van der Waals surface area contributed by atoms with Gasteiger partial charge in [0.25, 0.3) is 0 Å². The van der Waals surface area contributed by atoms with Gasteiger partial charge >= 0.3 is 0 Å². The van der Waals surface area contributed by atoms with Crippen LogP contribution >= 0.6 is 0 Å². The lowest BCUT2D eigenvalue weighted by Gasteiger charge is -2.19. The van der Waals surface area contributed by atoms with Crippen LogP contribution in [-0.4, -0.2) is 27.0 Å². The number of hydrogen-bond acceptors (Lipinski definition) is 5. The number of methoxy groups -OCH3 is 1. The van der Waals surface area contributed by atoms with Gasteiger partial charge in [-0.05, 0) is 36.4 Å². The third-order valence-corrected chi connectivity index (χ3v) is 3.65. The Bertz CT molecular complexity index is 824. The van der Waals surface area contributed by atoms with Crippen molar-refractivity contribution in [2.75, 3.05) is 7.11 Å². The van der Waals surface area contributed by atoms with Crippen molar-refractivity contribution >= 4 is 0 Å². The maximum absolute atomic E-state index is 5.22. The summed E-state index contributed by atoms with van der Waals surface area (Å²) in [6.07, 6.45) is 3.39. The lowest BCUT2D eigenvalue weighted by Crippen LogP contribution is -2.15. The van der Waals surface area contributed by atoms with Gasteiger partial charge in [0.2, 0.25) is 0 Å². The van der Waals surface area contributed by atoms with Gasteiger partial charge in [0.15, 0.2) is 11.6 Å². The number of benzene rings is 1. The zero-order valence-electron chi connectivity index (χ0n) is 14.3. The number of nitrogens with zero attached hydrogens (tertiary/aromatic N) is 4. The fourth-order valence-electron chi connectivity index (χ4n) is 2.26. The Morgan fingerprint density at radius 2 is 1.54 bits per heavy atom. The minimum Gasteiger partial charge on any atom is -0.497 e. The second kappa shape index (κ2) is 6.35. The van der Waals surface area contributed by atoms with Crippen molar-refractivity contribution in [3.05, 3.63) is 54.5 Å². The molecule has 0 aliphatic carbocycles. The summed E-state index contributed by atoms with van der Waals surface area (Å²) in [4.78, 5) is 17.9. The molecule has 0 radical (unpaired) electrons. The maximum Gasteiger partial charge on any atom is 0.198 e. The highest BCUT2D eigenvalue weighted by molar-refractivity contribution is 5.63. The Morgan fingerprint density at radius 3 is 2.12 bits per heavy atom. The molecule has 3 aromatic rings. The molecule has 5 heteroatoms. The van der Waals surface area contributed by atoms with E-state index in [9.17, 15) is 0 Å². The number of ether oxygens (including phenoxy) is 1. The molecule has 24 heavy (non-hydrogen) atoms. The lowest BCUT2D eigenvalue weighted by atomic mass is 9.91. The zero-order valence-corrected chi connectivity index (χ0v) is 14.3. The average molecular weight is 320 g/mol. The molecule has 0 fully saturated rings. The van der Waals surface area contributed by atoms with Gasteiger partial charge in [-0.2, -0.15) is 0 Å². The highest BCUT2D eigenvalue weighted by Gasteiger charge is 2.19. The molecule has 0 N–H and O–H groups in total. The summed E-state index contributed by atoms with van der Waals surface area (Å²) >= 11 is 0. The molecule has 0 bridgehead atoms. The predicted molar refractivity (Wildman–Crippen MR) is 93.7 cm³/mol. The molecule has 0 amide bonds. The number of rotatable bonds is 3. The monoisotopic (exact) mass is 320 g/mol. The summed E-state index contributed by atoms with van der Waals surface area (Å²) in [6, 6.07) is 11.6. The van der Waals surface area contributed by atoms with Crippen LogP contribution in [0.25, 0.3) is 22.9 Å². The van der Waals surface area contributed by atoms with Crippen LogP contribution in [-0.2, 0) is 5.41 Å². The smallest absolute Gasteiger partial charge is 0.198 e. The van der Waals surface area contributed by atoms with Gasteiger partial charge in [0, 0.05) is 23.4 Å². The maximum atomic E-state index is 5.22. The molecule has 2 heterocycles. The Morgan fingerprint density at radius 1 is 0.875 bits per heavy atom. The van der Waals surface area contributed by atoms with Crippen LogP contribution in [0.1, 0.15) is 26.5 Å². The average Bonchev–Trinajstić information content (AvgIpc) is 2.61. The fourth-order valence-corrected chi connectivity index (χ4v) is 2.26. The summed E-state index contributed by atoms with van der Waals surface area (Å²) in [5.74, 6) is 1.88. The van der Waals surface area contributed by atoms with Crippen LogP contribution in [0.2, 0.25) is 0 Å². The fraction of sp³-hybridized carbons (Fsp3) is 0.263. The first kappa shape index (κ1) is 16.1. The molecule has 1 aromatic carbocycles. The third-order valence-electron chi connectivity index (χ3n) is 3.65. The molecule has 0 spiro atoms. The Kier molecular flexibility index (Phi) is 4.25. The first-order valence-corrected chi connectivity index (χ1v) is 7.79. The van der Waals surface area contributed by atoms with Crippen molar-refractivity contribution in [1.29, 1.82) is 0 Å². The minimum absolute atomic E-state index is 0.103. The molecule has 0 aliphatic rings. The lowest BCUT2D eigenvalue weighted by molar-refractivity contribution is 0.415. The van der Waals surface area contributed by atoms with Crippen molar-refractivity contribution in [1.82, 2.24) is 19.9 Å². The second-order valence-electron chi connectivity index (χ2n) is 6.51. The Balaban J connectivity index is 2.14. The zero-order chi connectivity index (χ0) is 17.2. The molecule has 3 rings (SSSR count). The van der Waals surface area contributed by atoms with Crippen LogP contribution in [0.15, 0.2) is 48.8 Å². The molecule has 0 saturated carbocycles. The SMILES string of the molecule is COc1ccc(-c2cc(C(C)(C)C)nc(-c3ncccn3)n2)cc1. The van der Waals surface area contributed by atoms with Crippen LogP contribution in [0.4, 0.5) is 0 Å². The van der Waals surface area contributed by atoms with Gasteiger partial charge in [-0.1, -0.05) is 20.8 Å². The molecule has 0 saturated heterocycles. The van der Waals surface area contributed by atoms with Gasteiger partial charge in [-0.25, -0.2) is 19.9 Å². The van der Waals surface area contributed by atoms with E-state index in [1.165, 1.54) is 0 Å². The number of aromatic nitrogens is 4. The molecular weight excluding hydrogens is 300 g/mol. The van der Waals surface area contributed by atoms with Gasteiger partial charge in [-0.15, -0.1) is 0 Å². The number of hydrogen-bond donors (Lipinski definition) is 0. The van der Waals surface area contributed by atoms with E-state index in [1.807, 2.05) is 30.3 Å². The van der Waals surface area contributed by atoms with Crippen LogP contribution in [0, 0.1) is 0 Å². The standard InChI is InChI=1S/C19H20N4O/c1-19(2,3)16-12-15(13-6-8-14(24-4)9-7-13)22-18(23-16)17-20-10-5-11-21-17/h5-12H,1-4H3. The van der Waals surface area contributed by atoms with Gasteiger partial charge < -0.3 is 4.74 Å². The molecule has 0 aliphatic heterocycles. The highest BCUT2D eigenvalue weighted by atomic mass is 16.5. The summed E-state index contributed by atoms with van der Waals surface area (Å²) in [5.41, 5.74) is 2.69. The van der Waals surface area contributed by atoms with E-state index < -0.39 is 0 Å². The van der Waals surface area contributed by atoms with E-state index in [0.29, 0.717) is 11.6 Å². The van der Waals surface area contributed by atoms with Crippen molar-refractivity contribution in [3.8, 4) is 28.7 Å². The minimum atomic E-state index is -0.103. The van der Waals surface area contributed by atoms with Gasteiger partial charge in [0.1, 0.15) is 5.75 Å². The van der Waals surface area contributed by atoms with Crippen LogP contribution in [0.5, 0.6) is 5.75 Å². The molecule has 122 valence electrons. The van der Waals surface area contributed by atoms with Crippen molar-refractivity contribution in [2.45, 2.75) is 26.2 Å². The highest BCUT2D eigenvalue weighted by Crippen LogP contribution is 2.28. The summed E-state index contributed by atoms with van der Waals surface area (Å²) < 4.78 is 5.22. The quantitative estimate of drug-likeness (QED) is 0.732. The normalized spacial score (nSPS) is 11.3. The largest absolute Gasteiger partial charge is 0.497 e. The van der Waals surface area contributed by atoms with E-state index in [2.05, 4.69) is 40.7 Å². The molecular formula is C19H20N4O. The third kappa shape index (κ3) is 3.40. The molecule has 5 nitrogen and oxygen atoms in total. The summed E-state index contributed by atoms with van der Waals surface area (Å²) in [6.45, 7) is 6.38. The Labute approximate surface area is 141 Å². The summed E-state index contributed by atoms with van der Waals surface area (Å²) in [5, 5.41) is 0. The van der Waals surface area contributed by atoms with Crippen molar-refractivity contribution in [2.24, 2.45) is 0 Å². The van der Waals surface area contributed by atoms with Gasteiger partial charge in [0.05, 0.1) is 18.5 Å². The van der Waals surface area contributed by atoms with Crippen LogP contribution < -0.4 is 4.74 Å². The van der Waals surface area contributed by atoms with E-state index >= 15 is 0 Å². The first-order chi connectivity index (χ1) is 11.5. The van der Waals surface area contributed by atoms with Crippen LogP contribution in [0.3, 0.4) is 0 Å². The predicted octanol–water partition coefficient (Wildman–Crippen LogP) is 3.91. The van der Waals surface area contributed by atoms with E-state index in [0.717, 1.165) is 22.7 Å². The molecule has 2 aromatic heterocycles.